The Labute approximate surface area is 101 Å². The molecule has 17 heavy (non-hydrogen) atoms. The van der Waals surface area contributed by atoms with Crippen molar-refractivity contribution in [3.8, 4) is 5.88 Å². The fraction of sp³-hybridized carbons (Fsp3) is 0.286. The van der Waals surface area contributed by atoms with Crippen LogP contribution in [-0.2, 0) is 6.61 Å². The van der Waals surface area contributed by atoms with Gasteiger partial charge in [0.25, 0.3) is 0 Å². The lowest BCUT2D eigenvalue weighted by molar-refractivity contribution is 0.289. The summed E-state index contributed by atoms with van der Waals surface area (Å²) < 4.78 is 5.59. The van der Waals surface area contributed by atoms with Gasteiger partial charge in [0, 0.05) is 6.07 Å². The van der Waals surface area contributed by atoms with Gasteiger partial charge in [0.2, 0.25) is 5.88 Å². The van der Waals surface area contributed by atoms with E-state index in [1.54, 1.807) is 0 Å². The van der Waals surface area contributed by atoms with E-state index in [1.807, 2.05) is 19.9 Å². The van der Waals surface area contributed by atoms with E-state index in [4.69, 9.17) is 4.74 Å². The van der Waals surface area contributed by atoms with Gasteiger partial charge in [-0.15, -0.1) is 5.10 Å². The molecule has 0 N–H and O–H groups in total. The summed E-state index contributed by atoms with van der Waals surface area (Å²) in [6, 6.07) is 10.2. The molecule has 0 aliphatic carbocycles. The molecule has 0 unspecified atom stereocenters. The molecule has 1 aromatic carbocycles. The Morgan fingerprint density at radius 1 is 1.00 bits per heavy atom. The summed E-state index contributed by atoms with van der Waals surface area (Å²) in [6.45, 7) is 6.53. The molecule has 3 nitrogen and oxygen atoms in total. The first-order chi connectivity index (χ1) is 8.15. The third kappa shape index (κ3) is 3.03. The van der Waals surface area contributed by atoms with Gasteiger partial charge in [-0.05, 0) is 31.9 Å². The van der Waals surface area contributed by atoms with Gasteiger partial charge in [-0.25, -0.2) is 0 Å². The minimum atomic E-state index is 0.525. The van der Waals surface area contributed by atoms with E-state index in [-0.39, 0.29) is 0 Å². The molecular weight excluding hydrogens is 212 g/mol. The van der Waals surface area contributed by atoms with E-state index >= 15 is 0 Å². The summed E-state index contributed by atoms with van der Waals surface area (Å²) >= 11 is 0. The normalized spacial score (nSPS) is 10.3. The highest BCUT2D eigenvalue weighted by Gasteiger charge is 2.01. The van der Waals surface area contributed by atoms with Crippen LogP contribution in [0.5, 0.6) is 5.88 Å². The van der Waals surface area contributed by atoms with Crippen LogP contribution in [0.15, 0.2) is 30.3 Å². The van der Waals surface area contributed by atoms with E-state index in [1.165, 1.54) is 5.56 Å². The largest absolute Gasteiger partial charge is 0.472 e. The number of hydrogen-bond donors (Lipinski definition) is 0. The van der Waals surface area contributed by atoms with Crippen molar-refractivity contribution in [3.63, 3.8) is 0 Å². The number of hydrogen-bond acceptors (Lipinski definition) is 3. The van der Waals surface area contributed by atoms with Crippen LogP contribution >= 0.6 is 0 Å². The first-order valence-electron chi connectivity index (χ1n) is 5.64. The summed E-state index contributed by atoms with van der Waals surface area (Å²) in [5.74, 6) is 0.577. The van der Waals surface area contributed by atoms with Crippen molar-refractivity contribution in [2.24, 2.45) is 0 Å². The van der Waals surface area contributed by atoms with Crippen LogP contribution in [0.1, 0.15) is 22.4 Å². The fourth-order valence-electron chi connectivity index (χ4n) is 1.43. The van der Waals surface area contributed by atoms with Gasteiger partial charge in [0.05, 0.1) is 5.69 Å². The molecule has 0 amide bonds. The molecule has 0 bridgehead atoms. The summed E-state index contributed by atoms with van der Waals surface area (Å²) in [5.41, 5.74) is 4.42. The Kier molecular flexibility index (Phi) is 3.38. The maximum Gasteiger partial charge on any atom is 0.233 e. The predicted octanol–water partition coefficient (Wildman–Crippen LogP) is 2.98. The number of rotatable bonds is 3. The van der Waals surface area contributed by atoms with E-state index in [9.17, 15) is 0 Å². The molecule has 0 fully saturated rings. The smallest absolute Gasteiger partial charge is 0.233 e. The lowest BCUT2D eigenvalue weighted by atomic mass is 10.2. The maximum atomic E-state index is 5.59. The zero-order valence-corrected chi connectivity index (χ0v) is 10.4. The quantitative estimate of drug-likeness (QED) is 0.810. The zero-order valence-electron chi connectivity index (χ0n) is 10.4. The van der Waals surface area contributed by atoms with Crippen LogP contribution in [0, 0.1) is 20.8 Å². The number of benzene rings is 1. The van der Waals surface area contributed by atoms with Gasteiger partial charge in [0.1, 0.15) is 6.61 Å². The highest BCUT2D eigenvalue weighted by molar-refractivity contribution is 5.23. The zero-order chi connectivity index (χ0) is 12.3. The average molecular weight is 228 g/mol. The van der Waals surface area contributed by atoms with Crippen molar-refractivity contribution in [1.29, 1.82) is 0 Å². The van der Waals surface area contributed by atoms with Gasteiger partial charge in [0.15, 0.2) is 0 Å². The number of aromatic nitrogens is 2. The average Bonchev–Trinajstić information content (AvgIpc) is 2.33. The van der Waals surface area contributed by atoms with Crippen LogP contribution in [0.25, 0.3) is 0 Å². The first-order valence-corrected chi connectivity index (χ1v) is 5.64. The number of ether oxygens (including phenoxy) is 1. The lowest BCUT2D eigenvalue weighted by Gasteiger charge is -2.06. The molecule has 1 aromatic heterocycles. The van der Waals surface area contributed by atoms with Crippen LogP contribution in [0.2, 0.25) is 0 Å². The SMILES string of the molecule is Cc1ccc(COc2cc(C)c(C)nn2)cc1. The topological polar surface area (TPSA) is 35.0 Å². The second kappa shape index (κ2) is 4.95. The summed E-state index contributed by atoms with van der Waals surface area (Å²) in [7, 11) is 0. The molecule has 1 heterocycles. The molecule has 0 radical (unpaired) electrons. The lowest BCUT2D eigenvalue weighted by Crippen LogP contribution is -2.00. The highest BCUT2D eigenvalue weighted by atomic mass is 16.5. The Balaban J connectivity index is 2.02. The van der Waals surface area contributed by atoms with Gasteiger partial charge < -0.3 is 4.74 Å². The Morgan fingerprint density at radius 2 is 1.71 bits per heavy atom. The third-order valence-electron chi connectivity index (χ3n) is 2.72. The minimum Gasteiger partial charge on any atom is -0.472 e. The minimum absolute atomic E-state index is 0.525. The van der Waals surface area contributed by atoms with Gasteiger partial charge in [-0.1, -0.05) is 29.8 Å². The molecule has 0 aliphatic heterocycles. The molecule has 0 saturated heterocycles. The monoisotopic (exact) mass is 228 g/mol. The Morgan fingerprint density at radius 3 is 2.35 bits per heavy atom. The van der Waals surface area contributed by atoms with Gasteiger partial charge >= 0.3 is 0 Å². The summed E-state index contributed by atoms with van der Waals surface area (Å²) in [6.07, 6.45) is 0. The second-order valence-electron chi connectivity index (χ2n) is 4.23. The second-order valence-corrected chi connectivity index (χ2v) is 4.23. The molecule has 2 aromatic rings. The van der Waals surface area contributed by atoms with Gasteiger partial charge in [-0.2, -0.15) is 5.10 Å². The Bertz CT molecular complexity index is 506. The third-order valence-corrected chi connectivity index (χ3v) is 2.72. The van der Waals surface area contributed by atoms with E-state index in [0.29, 0.717) is 12.5 Å². The van der Waals surface area contributed by atoms with Crippen molar-refractivity contribution in [3.05, 3.63) is 52.7 Å². The molecule has 0 spiro atoms. The predicted molar refractivity (Wildman–Crippen MR) is 67.0 cm³/mol. The van der Waals surface area contributed by atoms with Crippen molar-refractivity contribution in [1.82, 2.24) is 10.2 Å². The van der Waals surface area contributed by atoms with E-state index in [0.717, 1.165) is 16.8 Å². The van der Waals surface area contributed by atoms with Crippen molar-refractivity contribution >= 4 is 0 Å². The van der Waals surface area contributed by atoms with Crippen LogP contribution < -0.4 is 4.74 Å². The molecule has 0 saturated carbocycles. The number of aryl methyl sites for hydroxylation is 3. The van der Waals surface area contributed by atoms with Crippen molar-refractivity contribution in [2.45, 2.75) is 27.4 Å². The molecular formula is C14H16N2O. The molecule has 0 atom stereocenters. The van der Waals surface area contributed by atoms with Gasteiger partial charge in [-0.3, -0.25) is 0 Å². The van der Waals surface area contributed by atoms with Crippen LogP contribution in [-0.4, -0.2) is 10.2 Å². The Hall–Kier alpha value is -1.90. The van der Waals surface area contributed by atoms with Crippen molar-refractivity contribution in [2.75, 3.05) is 0 Å². The van der Waals surface area contributed by atoms with Crippen LogP contribution in [0.3, 0.4) is 0 Å². The van der Waals surface area contributed by atoms with Crippen LogP contribution in [0.4, 0.5) is 0 Å². The standard InChI is InChI=1S/C14H16N2O/c1-10-4-6-13(7-5-10)9-17-14-8-11(2)12(3)15-16-14/h4-8H,9H2,1-3H3. The first kappa shape index (κ1) is 11.6. The fourth-order valence-corrected chi connectivity index (χ4v) is 1.43. The summed E-state index contributed by atoms with van der Waals surface area (Å²) in [5, 5.41) is 8.03. The van der Waals surface area contributed by atoms with Crippen molar-refractivity contribution < 1.29 is 4.74 Å². The molecule has 2 rings (SSSR count). The maximum absolute atomic E-state index is 5.59. The molecule has 0 aliphatic rings. The summed E-state index contributed by atoms with van der Waals surface area (Å²) in [4.78, 5) is 0. The molecule has 3 heteroatoms. The number of nitrogens with zero attached hydrogens (tertiary/aromatic N) is 2. The van der Waals surface area contributed by atoms with E-state index in [2.05, 4.69) is 41.4 Å². The molecule has 88 valence electrons. The highest BCUT2D eigenvalue weighted by Crippen LogP contribution is 2.12. The van der Waals surface area contributed by atoms with E-state index < -0.39 is 0 Å².